The maximum atomic E-state index is 13.7. The van der Waals surface area contributed by atoms with Gasteiger partial charge in [-0.15, -0.1) is 0 Å². The number of nitrogens with one attached hydrogen (secondary N) is 2. The number of amides is 1. The smallest absolute Gasteiger partial charge is 0.418 e. The molecule has 0 unspecified atom stereocenters. The van der Waals surface area contributed by atoms with Crippen LogP contribution in [0.2, 0.25) is 0 Å². The molecule has 30 heavy (non-hydrogen) atoms. The molecule has 0 bridgehead atoms. The van der Waals surface area contributed by atoms with Crippen LogP contribution in [0.25, 0.3) is 0 Å². The SMILES string of the molecule is Cc1ccc2c(c1)NC[C@@H](C(=O)Nc1cc(O)c(C3CCCC3)cc1C(F)(F)F)O2. The Morgan fingerprint density at radius 1 is 1.20 bits per heavy atom. The quantitative estimate of drug-likeness (QED) is 0.639. The Hall–Kier alpha value is -2.90. The van der Waals surface area contributed by atoms with Gasteiger partial charge in [-0.3, -0.25) is 4.79 Å². The molecule has 0 aromatic heterocycles. The maximum absolute atomic E-state index is 13.7. The summed E-state index contributed by atoms with van der Waals surface area (Å²) in [6.45, 7) is 2.04. The lowest BCUT2D eigenvalue weighted by Crippen LogP contribution is -2.41. The molecule has 1 aliphatic carbocycles. The molecule has 1 fully saturated rings. The van der Waals surface area contributed by atoms with Gasteiger partial charge in [0.15, 0.2) is 6.10 Å². The van der Waals surface area contributed by atoms with Crippen LogP contribution < -0.4 is 15.4 Å². The van der Waals surface area contributed by atoms with E-state index in [1.165, 1.54) is 0 Å². The largest absolute Gasteiger partial charge is 0.508 e. The summed E-state index contributed by atoms with van der Waals surface area (Å²) in [5.41, 5.74) is 0.604. The first-order chi connectivity index (χ1) is 14.2. The average molecular weight is 420 g/mol. The van der Waals surface area contributed by atoms with Crippen LogP contribution in [0.3, 0.4) is 0 Å². The van der Waals surface area contributed by atoms with Gasteiger partial charge in [-0.05, 0) is 55.0 Å². The van der Waals surface area contributed by atoms with Crippen molar-refractivity contribution in [3.05, 3.63) is 47.0 Å². The molecule has 2 aromatic rings. The summed E-state index contributed by atoms with van der Waals surface area (Å²) < 4.78 is 46.8. The van der Waals surface area contributed by atoms with Gasteiger partial charge in [0.2, 0.25) is 0 Å². The number of hydrogen-bond donors (Lipinski definition) is 3. The minimum absolute atomic E-state index is 0.0957. The first-order valence-electron chi connectivity index (χ1n) is 9.98. The fourth-order valence-electron chi connectivity index (χ4n) is 4.15. The molecular formula is C22H23F3N2O3. The van der Waals surface area contributed by atoms with Crippen molar-refractivity contribution in [2.45, 2.75) is 50.8 Å². The molecule has 1 atom stereocenters. The fraction of sp³-hybridized carbons (Fsp3) is 0.409. The third kappa shape index (κ3) is 4.04. The highest BCUT2D eigenvalue weighted by atomic mass is 19.4. The predicted molar refractivity (Wildman–Crippen MR) is 107 cm³/mol. The number of benzene rings is 2. The summed E-state index contributed by atoms with van der Waals surface area (Å²) in [5, 5.41) is 15.7. The van der Waals surface area contributed by atoms with Gasteiger partial charge in [-0.25, -0.2) is 0 Å². The Balaban J connectivity index is 1.58. The molecule has 0 radical (unpaired) electrons. The van der Waals surface area contributed by atoms with Gasteiger partial charge in [0.25, 0.3) is 5.91 Å². The first kappa shape index (κ1) is 20.4. The topological polar surface area (TPSA) is 70.6 Å². The molecule has 1 amide bonds. The van der Waals surface area contributed by atoms with Crippen molar-refractivity contribution in [3.63, 3.8) is 0 Å². The molecule has 0 saturated heterocycles. The Morgan fingerprint density at radius 3 is 2.63 bits per heavy atom. The van der Waals surface area contributed by atoms with Crippen LogP contribution in [0.5, 0.6) is 11.5 Å². The lowest BCUT2D eigenvalue weighted by molar-refractivity contribution is -0.137. The van der Waals surface area contributed by atoms with E-state index in [2.05, 4.69) is 10.6 Å². The Labute approximate surface area is 172 Å². The molecule has 1 aliphatic heterocycles. The third-order valence-electron chi connectivity index (χ3n) is 5.70. The van der Waals surface area contributed by atoms with E-state index < -0.39 is 29.4 Å². The molecule has 1 heterocycles. The number of carbonyl (C=O) groups is 1. The van der Waals surface area contributed by atoms with Crippen LogP contribution in [0.15, 0.2) is 30.3 Å². The molecule has 3 N–H and O–H groups in total. The number of halogens is 3. The van der Waals surface area contributed by atoms with Crippen LogP contribution in [0.1, 0.15) is 48.3 Å². The van der Waals surface area contributed by atoms with E-state index in [9.17, 15) is 23.1 Å². The van der Waals surface area contributed by atoms with E-state index in [-0.39, 0.29) is 23.8 Å². The lowest BCUT2D eigenvalue weighted by atomic mass is 9.94. The van der Waals surface area contributed by atoms with Gasteiger partial charge in [-0.2, -0.15) is 13.2 Å². The number of aryl methyl sites for hydroxylation is 1. The van der Waals surface area contributed by atoms with Crippen molar-refractivity contribution in [1.29, 1.82) is 0 Å². The van der Waals surface area contributed by atoms with Gasteiger partial charge in [0.05, 0.1) is 23.5 Å². The van der Waals surface area contributed by atoms with Gasteiger partial charge < -0.3 is 20.5 Å². The second kappa shape index (κ2) is 7.74. The summed E-state index contributed by atoms with van der Waals surface area (Å²) in [6.07, 6.45) is -2.32. The highest BCUT2D eigenvalue weighted by molar-refractivity contribution is 5.96. The zero-order chi connectivity index (χ0) is 21.5. The molecular weight excluding hydrogens is 397 g/mol. The zero-order valence-electron chi connectivity index (χ0n) is 16.5. The standard InChI is InChI=1S/C22H23F3N2O3/c1-12-6-7-19-17(8-12)26-11-20(30-19)21(29)27-16-10-18(28)14(13-4-2-3-5-13)9-15(16)22(23,24)25/h6-10,13,20,26,28H,2-5,11H2,1H3,(H,27,29)/t20-/m0/s1. The number of fused-ring (bicyclic) bond motifs is 1. The number of phenols is 1. The minimum atomic E-state index is -4.67. The normalized spacial score (nSPS) is 19.0. The van der Waals surface area contributed by atoms with Gasteiger partial charge in [-0.1, -0.05) is 18.9 Å². The second-order valence-corrected chi connectivity index (χ2v) is 7.91. The number of aromatic hydroxyl groups is 1. The number of hydrogen-bond acceptors (Lipinski definition) is 4. The van der Waals surface area contributed by atoms with Crippen LogP contribution in [-0.2, 0) is 11.0 Å². The van der Waals surface area contributed by atoms with E-state index in [0.29, 0.717) is 5.75 Å². The summed E-state index contributed by atoms with van der Waals surface area (Å²) in [6, 6.07) is 7.37. The van der Waals surface area contributed by atoms with Crippen molar-refractivity contribution in [2.75, 3.05) is 17.2 Å². The molecule has 2 aliphatic rings. The van der Waals surface area contributed by atoms with E-state index >= 15 is 0 Å². The first-order valence-corrected chi connectivity index (χ1v) is 9.98. The van der Waals surface area contributed by atoms with E-state index in [0.717, 1.165) is 49.1 Å². The fourth-order valence-corrected chi connectivity index (χ4v) is 4.15. The van der Waals surface area contributed by atoms with Gasteiger partial charge in [0, 0.05) is 6.07 Å². The third-order valence-corrected chi connectivity index (χ3v) is 5.70. The van der Waals surface area contributed by atoms with E-state index in [4.69, 9.17) is 4.74 Å². The maximum Gasteiger partial charge on any atom is 0.418 e. The van der Waals surface area contributed by atoms with Crippen LogP contribution in [0.4, 0.5) is 24.5 Å². The molecule has 4 rings (SSSR count). The number of phenolic OH excluding ortho intramolecular Hbond substituents is 1. The summed E-state index contributed by atoms with van der Waals surface area (Å²) in [7, 11) is 0. The predicted octanol–water partition coefficient (Wildman–Crippen LogP) is 5.19. The lowest BCUT2D eigenvalue weighted by Gasteiger charge is -2.27. The molecule has 1 saturated carbocycles. The number of rotatable bonds is 3. The van der Waals surface area contributed by atoms with Crippen LogP contribution in [-0.4, -0.2) is 23.7 Å². The molecule has 0 spiro atoms. The average Bonchev–Trinajstić information content (AvgIpc) is 3.21. The molecule has 5 nitrogen and oxygen atoms in total. The summed E-state index contributed by atoms with van der Waals surface area (Å²) >= 11 is 0. The van der Waals surface area contributed by atoms with E-state index in [1.54, 1.807) is 6.07 Å². The van der Waals surface area contributed by atoms with Crippen molar-refractivity contribution >= 4 is 17.3 Å². The minimum Gasteiger partial charge on any atom is -0.508 e. The number of alkyl halides is 3. The Morgan fingerprint density at radius 2 is 1.93 bits per heavy atom. The highest BCUT2D eigenvalue weighted by Crippen LogP contribution is 2.44. The second-order valence-electron chi connectivity index (χ2n) is 7.91. The zero-order valence-corrected chi connectivity index (χ0v) is 16.5. The molecule has 160 valence electrons. The van der Waals surface area contributed by atoms with Gasteiger partial charge in [0.1, 0.15) is 11.5 Å². The summed E-state index contributed by atoms with van der Waals surface area (Å²) in [5.74, 6) is -0.579. The van der Waals surface area contributed by atoms with Crippen molar-refractivity contribution in [3.8, 4) is 11.5 Å². The highest BCUT2D eigenvalue weighted by Gasteiger charge is 2.37. The number of anilines is 2. The molecule has 2 aromatic carbocycles. The number of ether oxygens (including phenoxy) is 1. The monoisotopic (exact) mass is 420 g/mol. The van der Waals surface area contributed by atoms with E-state index in [1.807, 2.05) is 19.1 Å². The van der Waals surface area contributed by atoms with Crippen molar-refractivity contribution in [1.82, 2.24) is 0 Å². The number of carbonyl (C=O) groups excluding carboxylic acids is 1. The molecule has 8 heteroatoms. The Bertz CT molecular complexity index is 969. The van der Waals surface area contributed by atoms with Crippen LogP contribution >= 0.6 is 0 Å². The van der Waals surface area contributed by atoms with Gasteiger partial charge >= 0.3 is 6.18 Å². The van der Waals surface area contributed by atoms with Crippen molar-refractivity contribution in [2.24, 2.45) is 0 Å². The Kier molecular flexibility index (Phi) is 5.26. The van der Waals surface area contributed by atoms with Crippen LogP contribution in [0, 0.1) is 6.92 Å². The van der Waals surface area contributed by atoms with Crippen molar-refractivity contribution < 1.29 is 27.8 Å². The summed E-state index contributed by atoms with van der Waals surface area (Å²) in [4.78, 5) is 12.7.